The first-order valence-electron chi connectivity index (χ1n) is 13.5. The van der Waals surface area contributed by atoms with Crippen molar-refractivity contribution in [3.05, 3.63) is 35.5 Å². The molecule has 3 aromatic heterocycles. The largest absolute Gasteiger partial charge is 0.463 e. The number of hydrogen-bond acceptors (Lipinski definition) is 10. The van der Waals surface area contributed by atoms with E-state index >= 15 is 4.39 Å². The molecule has 0 amide bonds. The van der Waals surface area contributed by atoms with Gasteiger partial charge in [-0.2, -0.15) is 15.2 Å². The number of fused-ring (bicyclic) bond motifs is 4. The van der Waals surface area contributed by atoms with Crippen LogP contribution >= 0.6 is 11.3 Å². The standard InChI is InChI=1S/C28H28F2N8OS/c1-37-7-6-14(10-37)13-39-28-35-24-19(27(36-28)38-11-15-2-3-16(12-38)34-15)9-33-23(22(24)30)17-4-5-20(29)25-21(17)18(8-31)26(32)40-25/h4-5,9,14-16,34H,2-3,6-7,10-13,32H2,1H3/t14-,15?,16?/m1/s1. The van der Waals surface area contributed by atoms with Crippen molar-refractivity contribution in [3.63, 3.8) is 0 Å². The number of ether oxygens (including phenoxy) is 1. The summed E-state index contributed by atoms with van der Waals surface area (Å²) in [4.78, 5) is 18.2. The number of rotatable bonds is 5. The summed E-state index contributed by atoms with van der Waals surface area (Å²) >= 11 is 0.965. The maximum absolute atomic E-state index is 16.5. The predicted octanol–water partition coefficient (Wildman–Crippen LogP) is 3.91. The number of hydrogen-bond donors (Lipinski definition) is 2. The van der Waals surface area contributed by atoms with Crippen LogP contribution in [0.1, 0.15) is 24.8 Å². The lowest BCUT2D eigenvalue weighted by Gasteiger charge is -2.34. The maximum atomic E-state index is 16.5. The highest BCUT2D eigenvalue weighted by Gasteiger charge is 2.34. The van der Waals surface area contributed by atoms with Gasteiger partial charge in [-0.3, -0.25) is 4.98 Å². The summed E-state index contributed by atoms with van der Waals surface area (Å²) in [5.74, 6) is -0.251. The number of nitrogens with one attached hydrogen (secondary N) is 1. The molecule has 40 heavy (non-hydrogen) atoms. The van der Waals surface area contributed by atoms with Gasteiger partial charge in [0.1, 0.15) is 33.9 Å². The van der Waals surface area contributed by atoms with Crippen molar-refractivity contribution in [3.8, 4) is 23.3 Å². The molecule has 3 fully saturated rings. The molecule has 7 rings (SSSR count). The van der Waals surface area contributed by atoms with E-state index in [2.05, 4.69) is 32.1 Å². The van der Waals surface area contributed by atoms with Crippen molar-refractivity contribution < 1.29 is 13.5 Å². The van der Waals surface area contributed by atoms with E-state index in [0.29, 0.717) is 35.8 Å². The van der Waals surface area contributed by atoms with Crippen LogP contribution in [0, 0.1) is 28.9 Å². The topological polar surface area (TPSA) is 116 Å². The Balaban J connectivity index is 1.37. The Morgan fingerprint density at radius 1 is 1.18 bits per heavy atom. The van der Waals surface area contributed by atoms with E-state index in [1.807, 2.05) is 6.07 Å². The number of nitriles is 1. The summed E-state index contributed by atoms with van der Waals surface area (Å²) in [6, 6.07) is 5.54. The summed E-state index contributed by atoms with van der Waals surface area (Å²) < 4.78 is 37.4. The molecule has 0 saturated carbocycles. The monoisotopic (exact) mass is 562 g/mol. The molecular weight excluding hydrogens is 534 g/mol. The van der Waals surface area contributed by atoms with E-state index in [0.717, 1.165) is 56.8 Å². The molecule has 0 spiro atoms. The lowest BCUT2D eigenvalue weighted by molar-refractivity contribution is 0.233. The Morgan fingerprint density at radius 3 is 2.70 bits per heavy atom. The number of likely N-dealkylation sites (tertiary alicyclic amines) is 1. The van der Waals surface area contributed by atoms with Crippen LogP contribution in [0.15, 0.2) is 18.3 Å². The quantitative estimate of drug-likeness (QED) is 0.373. The second-order valence-corrected chi connectivity index (χ2v) is 12.1. The molecule has 3 aliphatic heterocycles. The van der Waals surface area contributed by atoms with Crippen LogP contribution < -0.4 is 20.7 Å². The van der Waals surface area contributed by atoms with Crippen molar-refractivity contribution in [2.75, 3.05) is 50.5 Å². The molecular formula is C28H28F2N8OS. The second kappa shape index (κ2) is 9.76. The zero-order valence-corrected chi connectivity index (χ0v) is 22.8. The number of piperazine rings is 1. The fraction of sp³-hybridized carbons (Fsp3) is 0.429. The number of benzene rings is 1. The van der Waals surface area contributed by atoms with Crippen LogP contribution in [-0.4, -0.2) is 71.8 Å². The average molecular weight is 563 g/mol. The Kier molecular flexibility index (Phi) is 6.18. The molecule has 12 heteroatoms. The van der Waals surface area contributed by atoms with E-state index in [1.165, 1.54) is 12.1 Å². The van der Waals surface area contributed by atoms with Crippen molar-refractivity contribution in [2.45, 2.75) is 31.3 Å². The van der Waals surface area contributed by atoms with Crippen LogP contribution in [0.5, 0.6) is 6.01 Å². The van der Waals surface area contributed by atoms with Gasteiger partial charge in [-0.1, -0.05) is 0 Å². The Bertz CT molecular complexity index is 1680. The van der Waals surface area contributed by atoms with Gasteiger partial charge < -0.3 is 25.6 Å². The summed E-state index contributed by atoms with van der Waals surface area (Å²) in [6.07, 6.45) is 4.77. The zero-order chi connectivity index (χ0) is 27.5. The van der Waals surface area contributed by atoms with Gasteiger partial charge in [0.2, 0.25) is 0 Å². The van der Waals surface area contributed by atoms with Crippen LogP contribution in [0.2, 0.25) is 0 Å². The van der Waals surface area contributed by atoms with Gasteiger partial charge in [0.05, 0.1) is 22.3 Å². The van der Waals surface area contributed by atoms with Crippen molar-refractivity contribution >= 4 is 43.1 Å². The molecule has 3 N–H and O–H groups in total. The molecule has 0 aliphatic carbocycles. The lowest BCUT2D eigenvalue weighted by Crippen LogP contribution is -2.51. The van der Waals surface area contributed by atoms with Crippen LogP contribution in [0.25, 0.3) is 32.2 Å². The highest BCUT2D eigenvalue weighted by atomic mass is 32.1. The molecule has 9 nitrogen and oxygen atoms in total. The zero-order valence-electron chi connectivity index (χ0n) is 22.0. The SMILES string of the molecule is CN1CC[C@@H](COc2nc(N3CC4CCC(C3)N4)c3cnc(-c4ccc(F)c5sc(N)c(C#N)c45)c(F)c3n2)C1. The van der Waals surface area contributed by atoms with Gasteiger partial charge in [-0.15, -0.1) is 11.3 Å². The molecule has 3 aliphatic rings. The van der Waals surface area contributed by atoms with E-state index in [1.54, 1.807) is 6.20 Å². The molecule has 3 atom stereocenters. The second-order valence-electron chi connectivity index (χ2n) is 11.0. The normalized spacial score (nSPS) is 22.9. The molecule has 2 bridgehead atoms. The summed E-state index contributed by atoms with van der Waals surface area (Å²) in [7, 11) is 2.08. The first kappa shape index (κ1) is 25.3. The van der Waals surface area contributed by atoms with E-state index in [-0.39, 0.29) is 43.4 Å². The summed E-state index contributed by atoms with van der Waals surface area (Å²) in [5, 5.41) is 14.3. The minimum absolute atomic E-state index is 0.0276. The van der Waals surface area contributed by atoms with Crippen LogP contribution in [0.3, 0.4) is 0 Å². The first-order valence-corrected chi connectivity index (χ1v) is 14.3. The summed E-state index contributed by atoms with van der Waals surface area (Å²) in [5.41, 5.74) is 6.47. The molecule has 2 unspecified atom stereocenters. The van der Waals surface area contributed by atoms with Crippen molar-refractivity contribution in [1.29, 1.82) is 5.26 Å². The van der Waals surface area contributed by atoms with Crippen molar-refractivity contribution in [2.24, 2.45) is 5.92 Å². The Hall–Kier alpha value is -3.66. The van der Waals surface area contributed by atoms with Gasteiger partial charge in [-0.05, 0) is 45.0 Å². The Morgan fingerprint density at radius 2 is 1.98 bits per heavy atom. The van der Waals surface area contributed by atoms with Crippen LogP contribution in [-0.2, 0) is 0 Å². The number of pyridine rings is 1. The minimum atomic E-state index is -0.675. The number of anilines is 2. The average Bonchev–Trinajstić information content (AvgIpc) is 3.63. The molecule has 6 heterocycles. The number of halogens is 2. The molecule has 4 aromatic rings. The van der Waals surface area contributed by atoms with E-state index < -0.39 is 11.6 Å². The van der Waals surface area contributed by atoms with Gasteiger partial charge >= 0.3 is 6.01 Å². The van der Waals surface area contributed by atoms with Crippen LogP contribution in [0.4, 0.5) is 19.6 Å². The summed E-state index contributed by atoms with van der Waals surface area (Å²) in [6.45, 7) is 3.87. The highest BCUT2D eigenvalue weighted by Crippen LogP contribution is 2.42. The van der Waals surface area contributed by atoms with Gasteiger partial charge in [0, 0.05) is 54.8 Å². The number of aromatic nitrogens is 3. The maximum Gasteiger partial charge on any atom is 0.319 e. The lowest BCUT2D eigenvalue weighted by atomic mass is 10.0. The number of nitrogen functional groups attached to an aromatic ring is 1. The van der Waals surface area contributed by atoms with E-state index in [9.17, 15) is 9.65 Å². The predicted molar refractivity (Wildman–Crippen MR) is 150 cm³/mol. The number of nitrogens with two attached hydrogens (primary N) is 1. The third kappa shape index (κ3) is 4.20. The molecule has 3 saturated heterocycles. The third-order valence-corrected chi connectivity index (χ3v) is 9.31. The fourth-order valence-electron chi connectivity index (χ4n) is 6.34. The van der Waals surface area contributed by atoms with Gasteiger partial charge in [-0.25, -0.2) is 8.78 Å². The fourth-order valence-corrected chi connectivity index (χ4v) is 7.29. The molecule has 1 aromatic carbocycles. The minimum Gasteiger partial charge on any atom is -0.463 e. The number of nitrogens with zero attached hydrogens (tertiary/aromatic N) is 6. The molecule has 0 radical (unpaired) electrons. The number of thiophene rings is 1. The van der Waals surface area contributed by atoms with Gasteiger partial charge in [0.15, 0.2) is 5.82 Å². The smallest absolute Gasteiger partial charge is 0.319 e. The first-order chi connectivity index (χ1) is 19.4. The van der Waals surface area contributed by atoms with Gasteiger partial charge in [0.25, 0.3) is 0 Å². The highest BCUT2D eigenvalue weighted by molar-refractivity contribution is 7.23. The molecule has 206 valence electrons. The van der Waals surface area contributed by atoms with E-state index in [4.69, 9.17) is 15.5 Å². The Labute approximate surface area is 233 Å². The van der Waals surface area contributed by atoms with Crippen molar-refractivity contribution in [1.82, 2.24) is 25.2 Å². The third-order valence-electron chi connectivity index (χ3n) is 8.28.